The van der Waals surface area contributed by atoms with Crippen LogP contribution in [0.25, 0.3) is 11.1 Å². The number of alkyl halides is 3. The number of fused-ring (bicyclic) bond motifs is 1. The Morgan fingerprint density at radius 1 is 0.865 bits per heavy atom. The van der Waals surface area contributed by atoms with Crippen molar-refractivity contribution < 1.29 is 22.8 Å². The molecule has 1 N–H and O–H groups in total. The Hall–Kier alpha value is -3.61. The quantitative estimate of drug-likeness (QED) is 0.411. The lowest BCUT2D eigenvalue weighted by atomic mass is 9.87. The molecule has 1 heterocycles. The molecule has 0 radical (unpaired) electrons. The molecule has 2 amide bonds. The highest BCUT2D eigenvalue weighted by Gasteiger charge is 2.30. The van der Waals surface area contributed by atoms with Crippen LogP contribution in [0.3, 0.4) is 0 Å². The van der Waals surface area contributed by atoms with Crippen LogP contribution in [0.5, 0.6) is 0 Å². The van der Waals surface area contributed by atoms with Gasteiger partial charge in [0.15, 0.2) is 0 Å². The Bertz CT molecular complexity index is 1290. The monoisotopic (exact) mass is 506 g/mol. The number of carbonyl (C=O) groups is 2. The summed E-state index contributed by atoms with van der Waals surface area (Å²) >= 11 is 0. The SMILES string of the molecule is O=C(Nc1ccc2c(c1)CCN(C(=O)C1CCCCC1)C2)c1ccccc1-c1ccc(C(F)(F)F)cc1. The number of hydrogen-bond acceptors (Lipinski definition) is 2. The van der Waals surface area contributed by atoms with E-state index in [1.54, 1.807) is 24.3 Å². The van der Waals surface area contributed by atoms with Crippen molar-refractivity contribution in [3.05, 3.63) is 89.0 Å². The van der Waals surface area contributed by atoms with Gasteiger partial charge < -0.3 is 10.2 Å². The number of amides is 2. The van der Waals surface area contributed by atoms with Crippen LogP contribution in [0, 0.1) is 5.92 Å². The molecule has 0 spiro atoms. The molecule has 5 rings (SSSR count). The van der Waals surface area contributed by atoms with E-state index in [0.717, 1.165) is 55.4 Å². The number of nitrogens with one attached hydrogen (secondary N) is 1. The summed E-state index contributed by atoms with van der Waals surface area (Å²) in [6.45, 7) is 1.27. The summed E-state index contributed by atoms with van der Waals surface area (Å²) < 4.78 is 38.9. The second-order valence-electron chi connectivity index (χ2n) is 9.90. The van der Waals surface area contributed by atoms with Gasteiger partial charge in [-0.3, -0.25) is 9.59 Å². The molecular weight excluding hydrogens is 477 g/mol. The Morgan fingerprint density at radius 2 is 1.59 bits per heavy atom. The van der Waals surface area contributed by atoms with Gasteiger partial charge in [-0.05, 0) is 71.8 Å². The van der Waals surface area contributed by atoms with Gasteiger partial charge in [0.1, 0.15) is 0 Å². The zero-order chi connectivity index (χ0) is 26.0. The first-order valence-corrected chi connectivity index (χ1v) is 12.8. The summed E-state index contributed by atoms with van der Waals surface area (Å²) in [7, 11) is 0. The van der Waals surface area contributed by atoms with E-state index in [4.69, 9.17) is 0 Å². The van der Waals surface area contributed by atoms with Crippen molar-refractivity contribution in [2.75, 3.05) is 11.9 Å². The second-order valence-corrected chi connectivity index (χ2v) is 9.90. The minimum absolute atomic E-state index is 0.151. The molecule has 0 unspecified atom stereocenters. The summed E-state index contributed by atoms with van der Waals surface area (Å²) in [5.41, 5.74) is 3.60. The molecule has 0 aromatic heterocycles. The molecule has 37 heavy (non-hydrogen) atoms. The normalized spacial score (nSPS) is 16.2. The fourth-order valence-electron chi connectivity index (χ4n) is 5.40. The first kappa shape index (κ1) is 25.1. The third-order valence-corrected chi connectivity index (χ3v) is 7.44. The number of halogens is 3. The van der Waals surface area contributed by atoms with E-state index in [9.17, 15) is 22.8 Å². The van der Waals surface area contributed by atoms with Gasteiger partial charge in [0.25, 0.3) is 5.91 Å². The number of hydrogen-bond donors (Lipinski definition) is 1. The minimum atomic E-state index is -4.41. The van der Waals surface area contributed by atoms with E-state index in [1.807, 2.05) is 23.1 Å². The van der Waals surface area contributed by atoms with Crippen molar-refractivity contribution in [1.29, 1.82) is 0 Å². The lowest BCUT2D eigenvalue weighted by Crippen LogP contribution is -2.40. The van der Waals surface area contributed by atoms with Gasteiger partial charge in [-0.1, -0.05) is 55.7 Å². The lowest BCUT2D eigenvalue weighted by molar-refractivity contribution is -0.138. The van der Waals surface area contributed by atoms with Crippen LogP contribution in [-0.2, 0) is 23.9 Å². The highest BCUT2D eigenvalue weighted by molar-refractivity contribution is 6.08. The minimum Gasteiger partial charge on any atom is -0.338 e. The van der Waals surface area contributed by atoms with Crippen molar-refractivity contribution >= 4 is 17.5 Å². The first-order valence-electron chi connectivity index (χ1n) is 12.8. The summed E-state index contributed by atoms with van der Waals surface area (Å²) in [6, 6.07) is 17.4. The number of nitrogens with zero attached hydrogens (tertiary/aromatic N) is 1. The largest absolute Gasteiger partial charge is 0.416 e. The molecule has 2 aliphatic rings. The van der Waals surface area contributed by atoms with Gasteiger partial charge in [0.05, 0.1) is 5.56 Å². The van der Waals surface area contributed by atoms with Gasteiger partial charge >= 0.3 is 6.18 Å². The number of carbonyl (C=O) groups excluding carboxylic acids is 2. The maximum Gasteiger partial charge on any atom is 0.416 e. The van der Waals surface area contributed by atoms with E-state index >= 15 is 0 Å². The summed E-state index contributed by atoms with van der Waals surface area (Å²) in [6.07, 6.45) is 1.78. The Morgan fingerprint density at radius 3 is 2.32 bits per heavy atom. The maximum absolute atomic E-state index is 13.2. The van der Waals surface area contributed by atoms with E-state index in [0.29, 0.717) is 35.5 Å². The van der Waals surface area contributed by atoms with Crippen molar-refractivity contribution in [2.45, 2.75) is 51.2 Å². The van der Waals surface area contributed by atoms with Gasteiger partial charge in [-0.15, -0.1) is 0 Å². The zero-order valence-electron chi connectivity index (χ0n) is 20.5. The van der Waals surface area contributed by atoms with Crippen molar-refractivity contribution in [3.8, 4) is 11.1 Å². The average Bonchev–Trinajstić information content (AvgIpc) is 2.92. The molecular formula is C30H29F3N2O2. The molecule has 0 atom stereocenters. The summed E-state index contributed by atoms with van der Waals surface area (Å²) in [5.74, 6) is 0.0848. The fraction of sp³-hybridized carbons (Fsp3) is 0.333. The van der Waals surface area contributed by atoms with Crippen LogP contribution < -0.4 is 5.32 Å². The smallest absolute Gasteiger partial charge is 0.338 e. The molecule has 0 bridgehead atoms. The van der Waals surface area contributed by atoms with Gasteiger partial charge in [0, 0.05) is 30.3 Å². The van der Waals surface area contributed by atoms with Crippen molar-refractivity contribution in [1.82, 2.24) is 4.90 Å². The highest BCUT2D eigenvalue weighted by atomic mass is 19.4. The third kappa shape index (κ3) is 5.55. The number of anilines is 1. The number of rotatable bonds is 4. The summed E-state index contributed by atoms with van der Waals surface area (Å²) in [4.78, 5) is 28.1. The predicted octanol–water partition coefficient (Wildman–Crippen LogP) is 7.09. The Labute approximate surface area is 214 Å². The topological polar surface area (TPSA) is 49.4 Å². The predicted molar refractivity (Wildman–Crippen MR) is 137 cm³/mol. The molecule has 192 valence electrons. The molecule has 1 aliphatic carbocycles. The first-order chi connectivity index (χ1) is 17.8. The van der Waals surface area contributed by atoms with Crippen molar-refractivity contribution in [2.24, 2.45) is 5.92 Å². The van der Waals surface area contributed by atoms with Crippen LogP contribution in [0.2, 0.25) is 0 Å². The van der Waals surface area contributed by atoms with Gasteiger partial charge in [0.2, 0.25) is 5.91 Å². The van der Waals surface area contributed by atoms with Gasteiger partial charge in [-0.25, -0.2) is 0 Å². The van der Waals surface area contributed by atoms with Crippen LogP contribution in [0.4, 0.5) is 18.9 Å². The average molecular weight is 507 g/mol. The number of benzene rings is 3. The van der Waals surface area contributed by atoms with E-state index in [-0.39, 0.29) is 17.7 Å². The molecule has 0 saturated heterocycles. The third-order valence-electron chi connectivity index (χ3n) is 7.44. The standard InChI is InChI=1S/C30H29F3N2O2/c31-30(32,33)24-13-10-20(11-14-24)26-8-4-5-9-27(26)28(36)34-25-15-12-23-19-35(17-16-22(23)18-25)29(37)21-6-2-1-3-7-21/h4-5,8-15,18,21H,1-3,6-7,16-17,19H2,(H,34,36). The fourth-order valence-corrected chi connectivity index (χ4v) is 5.40. The molecule has 3 aromatic rings. The van der Waals surface area contributed by atoms with Crippen LogP contribution in [0.1, 0.15) is 59.2 Å². The zero-order valence-corrected chi connectivity index (χ0v) is 20.5. The summed E-state index contributed by atoms with van der Waals surface area (Å²) in [5, 5.41) is 2.94. The van der Waals surface area contributed by atoms with Crippen LogP contribution >= 0.6 is 0 Å². The second kappa shape index (κ2) is 10.4. The van der Waals surface area contributed by atoms with Crippen LogP contribution in [0.15, 0.2) is 66.7 Å². The van der Waals surface area contributed by atoms with E-state index < -0.39 is 11.7 Å². The highest BCUT2D eigenvalue weighted by Crippen LogP contribution is 2.33. The van der Waals surface area contributed by atoms with Crippen LogP contribution in [-0.4, -0.2) is 23.3 Å². The molecule has 1 fully saturated rings. The van der Waals surface area contributed by atoms with E-state index in [1.165, 1.54) is 18.6 Å². The van der Waals surface area contributed by atoms with E-state index in [2.05, 4.69) is 5.32 Å². The maximum atomic E-state index is 13.2. The molecule has 1 saturated carbocycles. The molecule has 3 aromatic carbocycles. The molecule has 7 heteroatoms. The van der Waals surface area contributed by atoms with Gasteiger partial charge in [-0.2, -0.15) is 13.2 Å². The molecule has 4 nitrogen and oxygen atoms in total. The Kier molecular flexibility index (Phi) is 7.04. The lowest BCUT2D eigenvalue weighted by Gasteiger charge is -2.33. The Balaban J connectivity index is 1.29. The van der Waals surface area contributed by atoms with Crippen molar-refractivity contribution in [3.63, 3.8) is 0 Å². The molecule has 1 aliphatic heterocycles.